The summed E-state index contributed by atoms with van der Waals surface area (Å²) in [5.41, 5.74) is -0.497. The molecule has 1 N–H and O–H groups in total. The van der Waals surface area contributed by atoms with Crippen LogP contribution in [0.1, 0.15) is 26.7 Å². The zero-order valence-corrected chi connectivity index (χ0v) is 64.1. The van der Waals surface area contributed by atoms with Crippen molar-refractivity contribution in [3.8, 4) is 0 Å². The Bertz CT molecular complexity index is 1680. The largest absolute Gasteiger partial charge is 0.394 e. The molecule has 102 heavy (non-hydrogen) atoms. The van der Waals surface area contributed by atoms with Gasteiger partial charge in [0.15, 0.2) is 9.84 Å². The van der Waals surface area contributed by atoms with Gasteiger partial charge < -0.3 is 142 Å². The molecule has 0 aromatic rings. The first-order valence-electron chi connectivity index (χ1n) is 35.9. The van der Waals surface area contributed by atoms with Crippen LogP contribution in [0.4, 0.5) is 0 Å². The van der Waals surface area contributed by atoms with Crippen LogP contribution in [0.25, 0.3) is 0 Å². The Morgan fingerprint density at radius 1 is 0.216 bits per heavy atom. The second-order valence-electron chi connectivity index (χ2n) is 21.8. The Labute approximate surface area is 619 Å². The molecule has 0 fully saturated rings. The normalized spacial score (nSPS) is 12.2. The standard InChI is InChI=1S/C66H133Cl2NO32S/c1-66(2,69(67)68)4-3-64-102(71,72)65-63-101-62-61-100-60-59-99-58-57-98-56-55-97-54-53-96-52-51-95-50-49-94-48-47-93-46-45-92-44-43-91-42-41-90-40-39-89-38-37-88-36-35-87-34-33-86-32-31-85-30-29-84-28-27-83-26-25-82-24-23-81-22-21-80-20-19-79-18-17-78-16-15-77-14-13-76-12-11-75-10-9-74-8-7-73-6-5-70/h70H,3-65H2,1-2H3. The summed E-state index contributed by atoms with van der Waals surface area (Å²) in [5, 5.41) is 8.62. The van der Waals surface area contributed by atoms with E-state index in [4.69, 9.17) is 166 Å². The third-order valence-electron chi connectivity index (χ3n) is 12.9. The molecule has 0 aliphatic carbocycles. The van der Waals surface area contributed by atoms with E-state index in [1.807, 2.05) is 13.8 Å². The average Bonchev–Trinajstić information content (AvgIpc) is 0.900. The summed E-state index contributed by atoms with van der Waals surface area (Å²) >= 11 is 11.6. The van der Waals surface area contributed by atoms with Crippen LogP contribution < -0.4 is 0 Å². The van der Waals surface area contributed by atoms with E-state index in [9.17, 15) is 8.42 Å². The minimum atomic E-state index is -3.21. The summed E-state index contributed by atoms with van der Waals surface area (Å²) < 4.78 is 185. The van der Waals surface area contributed by atoms with Gasteiger partial charge in [-0.2, -0.15) is 0 Å². The van der Waals surface area contributed by atoms with Crippen LogP contribution in [0.3, 0.4) is 0 Å². The van der Waals surface area contributed by atoms with Gasteiger partial charge in [-0.05, 0) is 50.2 Å². The Balaban J connectivity index is 3.13. The monoisotopic (exact) mass is 1550 g/mol. The lowest BCUT2D eigenvalue weighted by atomic mass is 10.0. The highest BCUT2D eigenvalue weighted by atomic mass is 35.5. The maximum absolute atomic E-state index is 12.2. The maximum Gasteiger partial charge on any atom is 0.152 e. The predicted octanol–water partition coefficient (Wildman–Crippen LogP) is 2.04. The molecule has 36 heteroatoms. The first-order chi connectivity index (χ1) is 50.2. The molecule has 0 atom stereocenters. The van der Waals surface area contributed by atoms with Crippen molar-refractivity contribution < 1.29 is 151 Å². The van der Waals surface area contributed by atoms with Crippen LogP contribution in [0.5, 0.6) is 0 Å². The molecule has 0 aliphatic heterocycles. The Morgan fingerprint density at radius 2 is 0.333 bits per heavy atom. The van der Waals surface area contributed by atoms with E-state index in [0.717, 1.165) is 3.94 Å². The molecule has 0 aromatic carbocycles. The fourth-order valence-electron chi connectivity index (χ4n) is 7.42. The van der Waals surface area contributed by atoms with Crippen LogP contribution >= 0.6 is 23.6 Å². The Morgan fingerprint density at radius 3 is 0.451 bits per heavy atom. The van der Waals surface area contributed by atoms with Crippen molar-refractivity contribution in [1.29, 1.82) is 0 Å². The second kappa shape index (κ2) is 87.5. The van der Waals surface area contributed by atoms with Gasteiger partial charge in [0, 0.05) is 5.54 Å². The average molecular weight is 1560 g/mol. The lowest BCUT2D eigenvalue weighted by Crippen LogP contribution is -2.31. The lowest BCUT2D eigenvalue weighted by Gasteiger charge is -2.27. The Hall–Kier alpha value is -0.710. The predicted molar refractivity (Wildman–Crippen MR) is 376 cm³/mol. The van der Waals surface area contributed by atoms with Gasteiger partial charge >= 0.3 is 0 Å². The van der Waals surface area contributed by atoms with Crippen LogP contribution in [0.15, 0.2) is 0 Å². The number of rotatable bonds is 94. The van der Waals surface area contributed by atoms with Crippen LogP contribution in [-0.2, 0) is 147 Å². The number of nitrogens with zero attached hydrogens (tertiary/aromatic N) is 1. The highest BCUT2D eigenvalue weighted by Crippen LogP contribution is 2.25. The molecular formula is C66H133Cl2NO32S. The number of hydrogen-bond donors (Lipinski definition) is 1. The van der Waals surface area contributed by atoms with Crippen molar-refractivity contribution in [1.82, 2.24) is 3.94 Å². The molecule has 0 amide bonds. The van der Waals surface area contributed by atoms with Gasteiger partial charge in [-0.3, -0.25) is 0 Å². The van der Waals surface area contributed by atoms with Crippen molar-refractivity contribution in [3.05, 3.63) is 0 Å². The zero-order valence-electron chi connectivity index (χ0n) is 61.8. The molecule has 0 unspecified atom stereocenters. The first-order valence-corrected chi connectivity index (χ1v) is 38.4. The number of ether oxygens (including phenoxy) is 29. The Kier molecular flexibility index (Phi) is 86.9. The summed E-state index contributed by atoms with van der Waals surface area (Å²) in [6.07, 6.45) is 1.02. The molecule has 33 nitrogen and oxygen atoms in total. The van der Waals surface area contributed by atoms with Gasteiger partial charge in [0.25, 0.3) is 0 Å². The smallest absolute Gasteiger partial charge is 0.152 e. The molecule has 614 valence electrons. The maximum atomic E-state index is 12.2. The third-order valence-corrected chi connectivity index (χ3v) is 15.5. The number of hydrogen-bond acceptors (Lipinski definition) is 33. The summed E-state index contributed by atoms with van der Waals surface area (Å²) in [5.74, 6) is 0.0199. The molecule has 0 heterocycles. The van der Waals surface area contributed by atoms with Gasteiger partial charge in [-0.15, -0.1) is 3.94 Å². The number of aliphatic hydroxyl groups is 1. The lowest BCUT2D eigenvalue weighted by molar-refractivity contribution is -0.0324. The number of halogens is 2. The van der Waals surface area contributed by atoms with Gasteiger partial charge in [-0.1, -0.05) is 0 Å². The minimum Gasteiger partial charge on any atom is -0.394 e. The highest BCUT2D eigenvalue weighted by molar-refractivity contribution is 7.91. The van der Waals surface area contributed by atoms with Crippen molar-refractivity contribution in [2.75, 3.05) is 401 Å². The molecule has 0 aliphatic rings. The fourth-order valence-corrected chi connectivity index (χ4v) is 8.75. The first kappa shape index (κ1) is 101. The van der Waals surface area contributed by atoms with Gasteiger partial charge in [0.2, 0.25) is 0 Å². The van der Waals surface area contributed by atoms with Gasteiger partial charge in [0.05, 0.1) is 401 Å². The second-order valence-corrected chi connectivity index (χ2v) is 24.9. The minimum absolute atomic E-state index is 0.0150. The molecule has 0 bridgehead atoms. The summed E-state index contributed by atoms with van der Waals surface area (Å²) in [6.45, 7) is 30.3. The van der Waals surface area contributed by atoms with E-state index in [2.05, 4.69) is 0 Å². The summed E-state index contributed by atoms with van der Waals surface area (Å²) in [6, 6.07) is 0. The van der Waals surface area contributed by atoms with E-state index < -0.39 is 15.4 Å². The van der Waals surface area contributed by atoms with Gasteiger partial charge in [-0.25, -0.2) is 8.42 Å². The van der Waals surface area contributed by atoms with Crippen LogP contribution in [0.2, 0.25) is 0 Å². The SMILES string of the molecule is CC(C)(CCCS(=O)(=O)CCOCCOCCOCCOCCOCCOCCOCCOCCOCCOCCOCCOCCOCCOCCOCCOCCOCCOCCOCCOCCOCCOCCOCCOCCOCCOCCOCCOCCOCCO)N(Cl)Cl. The van der Waals surface area contributed by atoms with Crippen LogP contribution in [0, 0.1) is 0 Å². The van der Waals surface area contributed by atoms with E-state index >= 15 is 0 Å². The molecule has 0 aromatic heterocycles. The van der Waals surface area contributed by atoms with Crippen molar-refractivity contribution in [2.24, 2.45) is 0 Å². The van der Waals surface area contributed by atoms with E-state index in [0.29, 0.717) is 389 Å². The van der Waals surface area contributed by atoms with E-state index in [1.165, 1.54) is 0 Å². The molecule has 0 spiro atoms. The van der Waals surface area contributed by atoms with E-state index in [1.54, 1.807) is 0 Å². The fraction of sp³-hybridized carbons (Fsp3) is 1.00. The zero-order chi connectivity index (χ0) is 73.6. The van der Waals surface area contributed by atoms with E-state index in [-0.39, 0.29) is 24.7 Å². The highest BCUT2D eigenvalue weighted by Gasteiger charge is 2.25. The molecule has 0 saturated heterocycles. The summed E-state index contributed by atoms with van der Waals surface area (Å²) in [4.78, 5) is 0. The van der Waals surface area contributed by atoms with Crippen molar-refractivity contribution >= 4 is 33.4 Å². The molecule has 0 rings (SSSR count). The van der Waals surface area contributed by atoms with Crippen LogP contribution in [-0.4, -0.2) is 424 Å². The topological polar surface area (TPSA) is 325 Å². The number of aliphatic hydroxyl groups excluding tert-OH is 1. The van der Waals surface area contributed by atoms with Gasteiger partial charge in [0.1, 0.15) is 0 Å². The third kappa shape index (κ3) is 88.2. The number of sulfone groups is 1. The molecular weight excluding hydrogens is 1420 g/mol. The molecule has 0 saturated carbocycles. The quantitative estimate of drug-likeness (QED) is 0.0672. The molecule has 0 radical (unpaired) electrons. The van der Waals surface area contributed by atoms with Crippen molar-refractivity contribution in [3.63, 3.8) is 0 Å². The summed E-state index contributed by atoms with van der Waals surface area (Å²) in [7, 11) is -3.21. The van der Waals surface area contributed by atoms with Crippen molar-refractivity contribution in [2.45, 2.75) is 32.2 Å².